The van der Waals surface area contributed by atoms with E-state index in [0.717, 1.165) is 12.1 Å². The lowest BCUT2D eigenvalue weighted by molar-refractivity contribution is 0.0678. The zero-order valence-corrected chi connectivity index (χ0v) is 13.6. The zero-order chi connectivity index (χ0) is 16.6. The molecule has 0 bridgehead atoms. The third-order valence-corrected chi connectivity index (χ3v) is 4.27. The molecule has 0 saturated carbocycles. The van der Waals surface area contributed by atoms with Crippen molar-refractivity contribution < 1.29 is 9.53 Å². The lowest BCUT2D eigenvalue weighted by atomic mass is 10.2. The number of hydrogen-bond donors (Lipinski definition) is 1. The van der Waals surface area contributed by atoms with Crippen LogP contribution in [0.15, 0.2) is 18.5 Å². The van der Waals surface area contributed by atoms with E-state index in [1.165, 1.54) is 0 Å². The van der Waals surface area contributed by atoms with E-state index in [9.17, 15) is 4.79 Å². The van der Waals surface area contributed by atoms with Gasteiger partial charge in [0.15, 0.2) is 0 Å². The van der Waals surface area contributed by atoms with E-state index >= 15 is 0 Å². The Morgan fingerprint density at radius 1 is 1.48 bits per heavy atom. The Balaban J connectivity index is 1.82. The largest absolute Gasteiger partial charge is 0.382 e. The summed E-state index contributed by atoms with van der Waals surface area (Å²) < 4.78 is 8.90. The monoisotopic (exact) mass is 318 g/mol. The Labute approximate surface area is 134 Å². The number of rotatable bonds is 4. The molecule has 1 fully saturated rings. The van der Waals surface area contributed by atoms with Crippen LogP contribution in [0.5, 0.6) is 0 Å². The van der Waals surface area contributed by atoms with Gasteiger partial charge >= 0.3 is 0 Å². The number of aromatic nitrogens is 4. The normalized spacial score (nSPS) is 21.1. The topological polar surface area (TPSA) is 91.2 Å². The molecule has 23 heavy (non-hydrogen) atoms. The predicted molar refractivity (Wildman–Crippen MR) is 84.8 cm³/mol. The third-order valence-electron chi connectivity index (χ3n) is 4.27. The third kappa shape index (κ3) is 3.07. The highest BCUT2D eigenvalue weighted by Gasteiger charge is 2.37. The van der Waals surface area contributed by atoms with E-state index in [4.69, 9.17) is 10.5 Å². The molecule has 2 atom stereocenters. The summed E-state index contributed by atoms with van der Waals surface area (Å²) in [7, 11) is 3.49. The number of hydrogen-bond acceptors (Lipinski definition) is 5. The van der Waals surface area contributed by atoms with E-state index in [1.807, 2.05) is 25.1 Å². The van der Waals surface area contributed by atoms with Gasteiger partial charge in [-0.05, 0) is 19.4 Å². The van der Waals surface area contributed by atoms with Crippen LogP contribution in [0.2, 0.25) is 0 Å². The van der Waals surface area contributed by atoms with Crippen LogP contribution in [0, 0.1) is 6.92 Å². The summed E-state index contributed by atoms with van der Waals surface area (Å²) in [6, 6.07) is 1.77. The first-order valence-electron chi connectivity index (χ1n) is 7.61. The molecule has 2 aromatic heterocycles. The molecule has 1 aliphatic heterocycles. The highest BCUT2D eigenvalue weighted by Crippen LogP contribution is 2.24. The molecule has 2 N–H and O–H groups in total. The molecule has 3 heterocycles. The number of amides is 1. The van der Waals surface area contributed by atoms with Gasteiger partial charge in [0.1, 0.15) is 5.82 Å². The van der Waals surface area contributed by atoms with Crippen molar-refractivity contribution >= 4 is 11.7 Å². The van der Waals surface area contributed by atoms with Crippen LogP contribution >= 0.6 is 0 Å². The van der Waals surface area contributed by atoms with Crippen molar-refractivity contribution in [3.63, 3.8) is 0 Å². The van der Waals surface area contributed by atoms with Crippen molar-refractivity contribution in [2.45, 2.75) is 32.0 Å². The van der Waals surface area contributed by atoms with Crippen molar-refractivity contribution in [3.8, 4) is 0 Å². The van der Waals surface area contributed by atoms with Crippen LogP contribution in [-0.4, -0.2) is 56.2 Å². The maximum absolute atomic E-state index is 12.9. The summed E-state index contributed by atoms with van der Waals surface area (Å²) in [6.07, 6.45) is 4.41. The number of aryl methyl sites for hydroxylation is 2. The average Bonchev–Trinajstić information content (AvgIpc) is 3.18. The molecule has 0 aliphatic carbocycles. The number of nitrogen functional groups attached to an aromatic ring is 1. The van der Waals surface area contributed by atoms with Gasteiger partial charge in [-0.2, -0.15) is 10.2 Å². The number of nitrogens with two attached hydrogens (primary N) is 1. The van der Waals surface area contributed by atoms with Crippen LogP contribution in [0.25, 0.3) is 0 Å². The predicted octanol–water partition coefficient (Wildman–Crippen LogP) is 0.437. The van der Waals surface area contributed by atoms with Crippen LogP contribution in [-0.2, 0) is 18.3 Å². The Bertz CT molecular complexity index is 707. The fourth-order valence-electron chi connectivity index (χ4n) is 3.13. The molecule has 1 aliphatic rings. The molecule has 8 heteroatoms. The van der Waals surface area contributed by atoms with Gasteiger partial charge < -0.3 is 15.4 Å². The van der Waals surface area contributed by atoms with Crippen molar-refractivity contribution in [1.82, 2.24) is 24.5 Å². The maximum atomic E-state index is 12.9. The van der Waals surface area contributed by atoms with Crippen molar-refractivity contribution in [2.24, 2.45) is 7.05 Å². The number of carbonyl (C=O) groups is 1. The lowest BCUT2D eigenvalue weighted by Crippen LogP contribution is -2.38. The smallest absolute Gasteiger partial charge is 0.257 e. The van der Waals surface area contributed by atoms with E-state index in [2.05, 4.69) is 10.2 Å². The second kappa shape index (κ2) is 6.04. The van der Waals surface area contributed by atoms with E-state index in [-0.39, 0.29) is 18.1 Å². The fraction of sp³-hybridized carbons (Fsp3) is 0.533. The summed E-state index contributed by atoms with van der Waals surface area (Å²) >= 11 is 0. The fourth-order valence-corrected chi connectivity index (χ4v) is 3.13. The van der Waals surface area contributed by atoms with E-state index in [0.29, 0.717) is 24.5 Å². The van der Waals surface area contributed by atoms with Crippen molar-refractivity contribution in [3.05, 3.63) is 29.7 Å². The first-order valence-corrected chi connectivity index (χ1v) is 7.61. The van der Waals surface area contributed by atoms with Gasteiger partial charge in [-0.3, -0.25) is 14.2 Å². The van der Waals surface area contributed by atoms with Crippen LogP contribution in [0.3, 0.4) is 0 Å². The molecule has 8 nitrogen and oxygen atoms in total. The Morgan fingerprint density at radius 2 is 2.26 bits per heavy atom. The van der Waals surface area contributed by atoms with Gasteiger partial charge in [0.25, 0.3) is 5.91 Å². The SMILES string of the molecule is CO[C@H]1C[C@@H](Cn2ccc(N)n2)N(C(=O)c2cn(C)nc2C)C1. The summed E-state index contributed by atoms with van der Waals surface area (Å²) in [4.78, 5) is 14.8. The van der Waals surface area contributed by atoms with E-state index in [1.54, 1.807) is 28.7 Å². The van der Waals surface area contributed by atoms with Gasteiger partial charge in [-0.15, -0.1) is 0 Å². The standard InChI is InChI=1S/C15H22N6O2/c1-10-13(9-19(2)17-10)15(22)21-8-12(23-3)6-11(21)7-20-5-4-14(16)18-20/h4-5,9,11-12H,6-8H2,1-3H3,(H2,16,18)/t11-,12-/m0/s1. The first kappa shape index (κ1) is 15.5. The van der Waals surface area contributed by atoms with Gasteiger partial charge in [-0.25, -0.2) is 0 Å². The minimum Gasteiger partial charge on any atom is -0.382 e. The Kier molecular flexibility index (Phi) is 4.08. The van der Waals surface area contributed by atoms with Gasteiger partial charge in [0, 0.05) is 33.1 Å². The average molecular weight is 318 g/mol. The van der Waals surface area contributed by atoms with Crippen molar-refractivity contribution in [1.29, 1.82) is 0 Å². The molecular weight excluding hydrogens is 296 g/mol. The Morgan fingerprint density at radius 3 is 2.83 bits per heavy atom. The maximum Gasteiger partial charge on any atom is 0.257 e. The van der Waals surface area contributed by atoms with Crippen molar-refractivity contribution in [2.75, 3.05) is 19.4 Å². The summed E-state index contributed by atoms with van der Waals surface area (Å²) in [5.41, 5.74) is 7.04. The molecule has 1 saturated heterocycles. The number of likely N-dealkylation sites (tertiary alicyclic amines) is 1. The molecule has 2 aromatic rings. The minimum atomic E-state index is -0.0136. The number of carbonyl (C=O) groups excluding carboxylic acids is 1. The molecular formula is C15H22N6O2. The molecule has 124 valence electrons. The lowest BCUT2D eigenvalue weighted by Gasteiger charge is -2.24. The molecule has 0 radical (unpaired) electrons. The second-order valence-corrected chi connectivity index (χ2v) is 5.97. The number of nitrogens with zero attached hydrogens (tertiary/aromatic N) is 5. The molecule has 0 spiro atoms. The van der Waals surface area contributed by atoms with Gasteiger partial charge in [0.05, 0.1) is 29.9 Å². The molecule has 3 rings (SSSR count). The second-order valence-electron chi connectivity index (χ2n) is 5.97. The number of anilines is 1. The van der Waals surface area contributed by atoms with Crippen LogP contribution < -0.4 is 5.73 Å². The first-order chi connectivity index (χ1) is 11.0. The van der Waals surface area contributed by atoms with E-state index < -0.39 is 0 Å². The highest BCUT2D eigenvalue weighted by molar-refractivity contribution is 5.95. The molecule has 0 aromatic carbocycles. The molecule has 1 amide bonds. The van der Waals surface area contributed by atoms with Gasteiger partial charge in [-0.1, -0.05) is 0 Å². The quantitative estimate of drug-likeness (QED) is 0.883. The summed E-state index contributed by atoms with van der Waals surface area (Å²) in [5, 5.41) is 8.47. The van der Waals surface area contributed by atoms with Crippen LogP contribution in [0.1, 0.15) is 22.5 Å². The molecule has 0 unspecified atom stereocenters. The van der Waals surface area contributed by atoms with Crippen LogP contribution in [0.4, 0.5) is 5.82 Å². The summed E-state index contributed by atoms with van der Waals surface area (Å²) in [5.74, 6) is 0.465. The number of methoxy groups -OCH3 is 1. The highest BCUT2D eigenvalue weighted by atomic mass is 16.5. The van der Waals surface area contributed by atoms with Gasteiger partial charge in [0.2, 0.25) is 0 Å². The minimum absolute atomic E-state index is 0.0136. The Hall–Kier alpha value is -2.35. The number of ether oxygens (including phenoxy) is 1. The zero-order valence-electron chi connectivity index (χ0n) is 13.6. The summed E-state index contributed by atoms with van der Waals surface area (Å²) in [6.45, 7) is 3.02.